The third kappa shape index (κ3) is 5.06. The topological polar surface area (TPSA) is 57.7 Å². The molecule has 0 saturated carbocycles. The fourth-order valence-electron chi connectivity index (χ4n) is 4.05. The number of methoxy groups -OCH3 is 1. The second-order valence-corrected chi connectivity index (χ2v) is 7.71. The Morgan fingerprint density at radius 3 is 2.47 bits per heavy atom. The fourth-order valence-corrected chi connectivity index (χ4v) is 4.05. The second-order valence-electron chi connectivity index (χ2n) is 7.71. The molecule has 7 heteroatoms. The van der Waals surface area contributed by atoms with Crippen LogP contribution in [0.25, 0.3) is 0 Å². The van der Waals surface area contributed by atoms with Gasteiger partial charge in [-0.1, -0.05) is 18.2 Å². The van der Waals surface area contributed by atoms with Gasteiger partial charge < -0.3 is 15.0 Å². The molecule has 32 heavy (non-hydrogen) atoms. The molecule has 1 aliphatic rings. The summed E-state index contributed by atoms with van der Waals surface area (Å²) in [6.45, 7) is 3.78. The number of piperazine rings is 1. The average Bonchev–Trinajstić information content (AvgIpc) is 2.85. The first-order valence-electron chi connectivity index (χ1n) is 10.7. The molecule has 1 N–H and O–H groups in total. The van der Waals surface area contributed by atoms with Crippen molar-refractivity contribution in [1.29, 1.82) is 0 Å². The lowest BCUT2D eigenvalue weighted by Crippen LogP contribution is -2.50. The van der Waals surface area contributed by atoms with Gasteiger partial charge in [-0.3, -0.25) is 14.7 Å². The van der Waals surface area contributed by atoms with Crippen molar-refractivity contribution in [1.82, 2.24) is 15.2 Å². The molecule has 0 bridgehead atoms. The summed E-state index contributed by atoms with van der Waals surface area (Å²) in [6, 6.07) is 18.0. The number of nitrogens with zero attached hydrogens (tertiary/aromatic N) is 3. The van der Waals surface area contributed by atoms with Crippen molar-refractivity contribution >= 4 is 11.6 Å². The maximum absolute atomic E-state index is 14.0. The summed E-state index contributed by atoms with van der Waals surface area (Å²) >= 11 is 0. The monoisotopic (exact) mass is 434 g/mol. The number of rotatable bonds is 7. The number of nitrogens with one attached hydrogen (secondary N) is 1. The number of carbonyl (C=O) groups excluding carboxylic acids is 1. The molecule has 0 aliphatic carbocycles. The van der Waals surface area contributed by atoms with Gasteiger partial charge >= 0.3 is 0 Å². The Morgan fingerprint density at radius 2 is 1.81 bits per heavy atom. The number of amides is 1. The van der Waals surface area contributed by atoms with E-state index in [0.717, 1.165) is 43.2 Å². The lowest BCUT2D eigenvalue weighted by atomic mass is 10.1. The predicted molar refractivity (Wildman–Crippen MR) is 122 cm³/mol. The smallest absolute Gasteiger partial charge is 0.254 e. The lowest BCUT2D eigenvalue weighted by Gasteiger charge is -2.40. The zero-order chi connectivity index (χ0) is 22.3. The molecule has 1 aromatic heterocycles. The van der Waals surface area contributed by atoms with Gasteiger partial charge in [-0.05, 0) is 48.0 Å². The molecule has 0 unspecified atom stereocenters. The Hall–Kier alpha value is -3.45. The summed E-state index contributed by atoms with van der Waals surface area (Å²) in [6.07, 6.45) is 3.57. The molecule has 1 fully saturated rings. The van der Waals surface area contributed by atoms with Gasteiger partial charge in [0.2, 0.25) is 0 Å². The van der Waals surface area contributed by atoms with Crippen molar-refractivity contribution in [2.45, 2.75) is 6.04 Å². The van der Waals surface area contributed by atoms with Gasteiger partial charge in [-0.15, -0.1) is 0 Å². The first-order valence-corrected chi connectivity index (χ1v) is 10.7. The summed E-state index contributed by atoms with van der Waals surface area (Å²) in [4.78, 5) is 21.5. The highest BCUT2D eigenvalue weighted by Gasteiger charge is 2.26. The number of anilines is 1. The van der Waals surface area contributed by atoms with E-state index < -0.39 is 11.7 Å². The summed E-state index contributed by atoms with van der Waals surface area (Å²) in [5.74, 6) is -0.0838. The van der Waals surface area contributed by atoms with Crippen LogP contribution in [0.4, 0.5) is 10.1 Å². The number of hydrogen-bond acceptors (Lipinski definition) is 5. The molecule has 1 amide bonds. The van der Waals surface area contributed by atoms with Crippen molar-refractivity contribution in [2.75, 3.05) is 44.7 Å². The Bertz CT molecular complexity index is 1020. The molecular weight excluding hydrogens is 407 g/mol. The van der Waals surface area contributed by atoms with Gasteiger partial charge in [0.1, 0.15) is 11.6 Å². The third-order valence-electron chi connectivity index (χ3n) is 5.84. The highest BCUT2D eigenvalue weighted by molar-refractivity contribution is 5.94. The van der Waals surface area contributed by atoms with E-state index in [2.05, 4.69) is 32.2 Å². The van der Waals surface area contributed by atoms with Crippen LogP contribution in [-0.2, 0) is 0 Å². The van der Waals surface area contributed by atoms with Gasteiger partial charge in [0.15, 0.2) is 0 Å². The van der Waals surface area contributed by atoms with E-state index in [1.54, 1.807) is 25.4 Å². The summed E-state index contributed by atoms with van der Waals surface area (Å²) in [7, 11) is 1.66. The minimum atomic E-state index is -0.518. The largest absolute Gasteiger partial charge is 0.497 e. The van der Waals surface area contributed by atoms with Crippen molar-refractivity contribution < 1.29 is 13.9 Å². The third-order valence-corrected chi connectivity index (χ3v) is 5.84. The van der Waals surface area contributed by atoms with Crippen LogP contribution in [0.15, 0.2) is 73.1 Å². The van der Waals surface area contributed by atoms with E-state index in [4.69, 9.17) is 4.74 Å². The van der Waals surface area contributed by atoms with Crippen LogP contribution >= 0.6 is 0 Å². The first-order chi connectivity index (χ1) is 15.7. The highest BCUT2D eigenvalue weighted by atomic mass is 19.1. The molecule has 1 aliphatic heterocycles. The van der Waals surface area contributed by atoms with Crippen molar-refractivity contribution in [3.8, 4) is 5.75 Å². The number of ether oxygens (including phenoxy) is 1. The number of aromatic nitrogens is 1. The SMILES string of the molecule is COc1ccc(N2CCN([C@@H](CNC(=O)c3ccccc3F)c3cccnc3)CC2)cc1. The summed E-state index contributed by atoms with van der Waals surface area (Å²) in [5.41, 5.74) is 2.25. The number of halogens is 1. The zero-order valence-electron chi connectivity index (χ0n) is 18.1. The van der Waals surface area contributed by atoms with Crippen LogP contribution < -0.4 is 15.0 Å². The minimum Gasteiger partial charge on any atom is -0.497 e. The maximum atomic E-state index is 14.0. The molecule has 0 radical (unpaired) electrons. The lowest BCUT2D eigenvalue weighted by molar-refractivity contribution is 0.0926. The fraction of sp³-hybridized carbons (Fsp3) is 0.280. The summed E-state index contributed by atoms with van der Waals surface area (Å²) in [5, 5.41) is 2.92. The van der Waals surface area contributed by atoms with Gasteiger partial charge in [0, 0.05) is 50.8 Å². The molecule has 1 atom stereocenters. The molecule has 3 aromatic rings. The van der Waals surface area contributed by atoms with Gasteiger partial charge in [-0.25, -0.2) is 4.39 Å². The molecule has 6 nitrogen and oxygen atoms in total. The molecule has 166 valence electrons. The van der Waals surface area contributed by atoms with E-state index in [-0.39, 0.29) is 11.6 Å². The van der Waals surface area contributed by atoms with Crippen LogP contribution in [0.3, 0.4) is 0 Å². The van der Waals surface area contributed by atoms with E-state index in [1.165, 1.54) is 12.1 Å². The number of hydrogen-bond donors (Lipinski definition) is 1. The standard InChI is InChI=1S/C25H27FN4O2/c1-32-21-10-8-20(9-11-21)29-13-15-30(16-14-29)24(19-5-4-12-27-17-19)18-28-25(31)22-6-2-3-7-23(22)26/h2-12,17,24H,13-16,18H2,1H3,(H,28,31)/t24-/m0/s1. The highest BCUT2D eigenvalue weighted by Crippen LogP contribution is 2.25. The number of carbonyl (C=O) groups is 1. The Balaban J connectivity index is 1.43. The zero-order valence-corrected chi connectivity index (χ0v) is 18.1. The molecule has 2 heterocycles. The molecule has 4 rings (SSSR count). The molecule has 0 spiro atoms. The number of benzene rings is 2. The summed E-state index contributed by atoms with van der Waals surface area (Å²) < 4.78 is 19.2. The van der Waals surface area contributed by atoms with E-state index in [0.29, 0.717) is 6.54 Å². The normalized spacial score (nSPS) is 15.2. The van der Waals surface area contributed by atoms with Crippen LogP contribution in [0.5, 0.6) is 5.75 Å². The van der Waals surface area contributed by atoms with Crippen LogP contribution in [0.2, 0.25) is 0 Å². The minimum absolute atomic E-state index is 0.0440. The Labute approximate surface area is 187 Å². The second kappa shape index (κ2) is 10.2. The van der Waals surface area contributed by atoms with Gasteiger partial charge in [0.25, 0.3) is 5.91 Å². The van der Waals surface area contributed by atoms with Crippen molar-refractivity contribution in [3.63, 3.8) is 0 Å². The van der Waals surface area contributed by atoms with Crippen molar-refractivity contribution in [3.05, 3.63) is 90.0 Å². The first kappa shape index (κ1) is 21.8. The van der Waals surface area contributed by atoms with E-state index in [9.17, 15) is 9.18 Å². The van der Waals surface area contributed by atoms with Crippen LogP contribution in [-0.4, -0.2) is 55.6 Å². The Kier molecular flexibility index (Phi) is 6.97. The van der Waals surface area contributed by atoms with Gasteiger partial charge in [-0.2, -0.15) is 0 Å². The van der Waals surface area contributed by atoms with E-state index in [1.807, 2.05) is 30.5 Å². The quantitative estimate of drug-likeness (QED) is 0.617. The predicted octanol–water partition coefficient (Wildman–Crippen LogP) is 3.52. The van der Waals surface area contributed by atoms with Gasteiger partial charge in [0.05, 0.1) is 18.7 Å². The Morgan fingerprint density at radius 1 is 1.06 bits per heavy atom. The van der Waals surface area contributed by atoms with E-state index >= 15 is 0 Å². The average molecular weight is 435 g/mol. The molecular formula is C25H27FN4O2. The maximum Gasteiger partial charge on any atom is 0.254 e. The van der Waals surface area contributed by atoms with Crippen LogP contribution in [0, 0.1) is 5.82 Å². The van der Waals surface area contributed by atoms with Crippen molar-refractivity contribution in [2.24, 2.45) is 0 Å². The molecule has 1 saturated heterocycles. The molecule has 2 aromatic carbocycles. The number of pyridine rings is 1. The van der Waals surface area contributed by atoms with Crippen LogP contribution in [0.1, 0.15) is 22.0 Å².